The van der Waals surface area contributed by atoms with E-state index < -0.39 is 36.0 Å². The molecular weight excluding hydrogens is 251 g/mol. The van der Waals surface area contributed by atoms with E-state index in [1.165, 1.54) is 14.0 Å². The first-order chi connectivity index (χ1) is 8.24. The Balaban J connectivity index is 2.83. The lowest BCUT2D eigenvalue weighted by Gasteiger charge is -2.30. The number of halogens is 3. The van der Waals surface area contributed by atoms with Gasteiger partial charge in [-0.05, 0) is 19.9 Å². The Labute approximate surface area is 102 Å². The van der Waals surface area contributed by atoms with Crippen molar-refractivity contribution >= 4 is 11.8 Å². The number of nitrogens with one attached hydrogen (secondary N) is 3. The predicted molar refractivity (Wildman–Crippen MR) is 57.6 cm³/mol. The SMILES string of the molecule is CNC(=O)C(C)NC(=O)C1(C(F)(F)F)CCNC1. The minimum atomic E-state index is -4.64. The van der Waals surface area contributed by atoms with E-state index in [0.717, 1.165) is 0 Å². The standard InChI is InChI=1S/C10H16F3N3O2/c1-6(7(17)14-2)16-8(18)9(10(11,12)13)3-4-15-5-9/h6,15H,3-5H2,1-2H3,(H,14,17)(H,16,18). The second-order valence-electron chi connectivity index (χ2n) is 4.32. The van der Waals surface area contributed by atoms with E-state index in [1.54, 1.807) is 0 Å². The highest BCUT2D eigenvalue weighted by atomic mass is 19.4. The molecule has 1 heterocycles. The second kappa shape index (κ2) is 5.13. The summed E-state index contributed by atoms with van der Waals surface area (Å²) in [4.78, 5) is 23.0. The fourth-order valence-electron chi connectivity index (χ4n) is 1.87. The van der Waals surface area contributed by atoms with Crippen LogP contribution in [0.5, 0.6) is 0 Å². The summed E-state index contributed by atoms with van der Waals surface area (Å²) in [6, 6.07) is -0.998. The Kier molecular flexibility index (Phi) is 4.20. The Morgan fingerprint density at radius 3 is 2.39 bits per heavy atom. The number of likely N-dealkylation sites (N-methyl/N-ethyl adjacent to an activating group) is 1. The van der Waals surface area contributed by atoms with E-state index in [2.05, 4.69) is 16.0 Å². The topological polar surface area (TPSA) is 70.2 Å². The summed E-state index contributed by atoms with van der Waals surface area (Å²) >= 11 is 0. The zero-order valence-electron chi connectivity index (χ0n) is 10.1. The molecule has 1 aliphatic rings. The second-order valence-corrected chi connectivity index (χ2v) is 4.32. The van der Waals surface area contributed by atoms with E-state index in [4.69, 9.17) is 0 Å². The zero-order chi connectivity index (χ0) is 14.0. The first-order valence-corrected chi connectivity index (χ1v) is 5.54. The van der Waals surface area contributed by atoms with Gasteiger partial charge in [0, 0.05) is 13.6 Å². The van der Waals surface area contributed by atoms with E-state index in [0.29, 0.717) is 0 Å². The number of rotatable bonds is 3. The highest BCUT2D eigenvalue weighted by Gasteiger charge is 2.61. The van der Waals surface area contributed by atoms with E-state index in [1.807, 2.05) is 0 Å². The molecule has 0 saturated carbocycles. The molecule has 2 unspecified atom stereocenters. The molecule has 1 aliphatic heterocycles. The maximum absolute atomic E-state index is 13.0. The van der Waals surface area contributed by atoms with Gasteiger partial charge in [-0.1, -0.05) is 0 Å². The highest BCUT2D eigenvalue weighted by Crippen LogP contribution is 2.43. The van der Waals surface area contributed by atoms with Crippen LogP contribution in [0.4, 0.5) is 13.2 Å². The van der Waals surface area contributed by atoms with E-state index >= 15 is 0 Å². The fraction of sp³-hybridized carbons (Fsp3) is 0.800. The van der Waals surface area contributed by atoms with Gasteiger partial charge in [-0.25, -0.2) is 0 Å². The first kappa shape index (κ1) is 14.7. The van der Waals surface area contributed by atoms with E-state index in [-0.39, 0.29) is 13.0 Å². The van der Waals surface area contributed by atoms with Gasteiger partial charge in [-0.2, -0.15) is 13.2 Å². The molecule has 5 nitrogen and oxygen atoms in total. The molecule has 0 aromatic carbocycles. The van der Waals surface area contributed by atoms with Crippen molar-refractivity contribution in [1.29, 1.82) is 0 Å². The van der Waals surface area contributed by atoms with Crippen molar-refractivity contribution in [3.63, 3.8) is 0 Å². The normalized spacial score (nSPS) is 25.6. The number of carbonyl (C=O) groups is 2. The molecule has 0 aliphatic carbocycles. The molecule has 0 spiro atoms. The van der Waals surface area contributed by atoms with Crippen LogP contribution in [0.25, 0.3) is 0 Å². The van der Waals surface area contributed by atoms with Crippen LogP contribution in [-0.2, 0) is 9.59 Å². The molecule has 2 atom stereocenters. The molecule has 8 heteroatoms. The van der Waals surface area contributed by atoms with Crippen LogP contribution in [0, 0.1) is 5.41 Å². The highest BCUT2D eigenvalue weighted by molar-refractivity contribution is 5.90. The Morgan fingerprint density at radius 1 is 1.39 bits per heavy atom. The summed E-state index contributed by atoms with van der Waals surface area (Å²) in [5.74, 6) is -1.69. The summed E-state index contributed by atoms with van der Waals surface area (Å²) in [5.41, 5.74) is -2.44. The van der Waals surface area contributed by atoms with Gasteiger partial charge in [0.05, 0.1) is 0 Å². The number of amides is 2. The molecule has 1 saturated heterocycles. The van der Waals surface area contributed by atoms with Crippen molar-refractivity contribution in [2.45, 2.75) is 25.6 Å². The van der Waals surface area contributed by atoms with Gasteiger partial charge in [-0.15, -0.1) is 0 Å². The zero-order valence-corrected chi connectivity index (χ0v) is 10.1. The van der Waals surface area contributed by atoms with Crippen molar-refractivity contribution in [3.05, 3.63) is 0 Å². The lowest BCUT2D eigenvalue weighted by Crippen LogP contribution is -2.56. The third-order valence-corrected chi connectivity index (χ3v) is 3.12. The molecule has 0 bridgehead atoms. The van der Waals surface area contributed by atoms with Crippen molar-refractivity contribution in [2.75, 3.05) is 20.1 Å². The minimum absolute atomic E-state index is 0.126. The summed E-state index contributed by atoms with van der Waals surface area (Å²) in [6.07, 6.45) is -4.95. The van der Waals surface area contributed by atoms with Crippen molar-refractivity contribution in [2.24, 2.45) is 5.41 Å². The summed E-state index contributed by atoms with van der Waals surface area (Å²) in [5, 5.41) is 6.91. The minimum Gasteiger partial charge on any atom is -0.357 e. The van der Waals surface area contributed by atoms with Gasteiger partial charge in [-0.3, -0.25) is 9.59 Å². The first-order valence-electron chi connectivity index (χ1n) is 5.54. The average molecular weight is 267 g/mol. The number of hydrogen-bond donors (Lipinski definition) is 3. The van der Waals surface area contributed by atoms with Gasteiger partial charge in [0.1, 0.15) is 6.04 Å². The van der Waals surface area contributed by atoms with Gasteiger partial charge in [0.15, 0.2) is 5.41 Å². The molecule has 0 aromatic rings. The molecule has 1 fully saturated rings. The Bertz CT molecular complexity index is 338. The van der Waals surface area contributed by atoms with Crippen LogP contribution in [0.2, 0.25) is 0 Å². The lowest BCUT2D eigenvalue weighted by atomic mass is 9.85. The Hall–Kier alpha value is -1.31. The van der Waals surface area contributed by atoms with Crippen LogP contribution >= 0.6 is 0 Å². The maximum atomic E-state index is 13.0. The number of hydrogen-bond acceptors (Lipinski definition) is 3. The van der Waals surface area contributed by atoms with Crippen molar-refractivity contribution < 1.29 is 22.8 Å². The molecule has 18 heavy (non-hydrogen) atoms. The smallest absolute Gasteiger partial charge is 0.357 e. The molecular formula is C10H16F3N3O2. The quantitative estimate of drug-likeness (QED) is 0.662. The van der Waals surface area contributed by atoms with Gasteiger partial charge >= 0.3 is 6.18 Å². The molecule has 3 N–H and O–H groups in total. The van der Waals surface area contributed by atoms with Crippen LogP contribution < -0.4 is 16.0 Å². The summed E-state index contributed by atoms with van der Waals surface area (Å²) in [7, 11) is 1.35. The average Bonchev–Trinajstić information content (AvgIpc) is 2.77. The van der Waals surface area contributed by atoms with Crippen molar-refractivity contribution in [3.8, 4) is 0 Å². The van der Waals surface area contributed by atoms with E-state index in [9.17, 15) is 22.8 Å². The molecule has 1 rings (SSSR count). The summed E-state index contributed by atoms with van der Waals surface area (Å²) < 4.78 is 39.0. The molecule has 0 radical (unpaired) electrons. The molecule has 2 amide bonds. The fourth-order valence-corrected chi connectivity index (χ4v) is 1.87. The van der Waals surface area contributed by atoms with Crippen LogP contribution in [0.1, 0.15) is 13.3 Å². The number of carbonyl (C=O) groups excluding carboxylic acids is 2. The number of alkyl halides is 3. The van der Waals surface area contributed by atoms with Crippen molar-refractivity contribution in [1.82, 2.24) is 16.0 Å². The van der Waals surface area contributed by atoms with Crippen LogP contribution in [0.3, 0.4) is 0 Å². The van der Waals surface area contributed by atoms with Crippen LogP contribution in [0.15, 0.2) is 0 Å². The monoisotopic (exact) mass is 267 g/mol. The van der Waals surface area contributed by atoms with Gasteiger partial charge in [0.25, 0.3) is 0 Å². The molecule has 0 aromatic heterocycles. The largest absolute Gasteiger partial charge is 0.404 e. The summed E-state index contributed by atoms with van der Waals surface area (Å²) in [6.45, 7) is 1.01. The predicted octanol–water partition coefficient (Wildman–Crippen LogP) is -0.221. The lowest BCUT2D eigenvalue weighted by molar-refractivity contribution is -0.216. The maximum Gasteiger partial charge on any atom is 0.404 e. The third kappa shape index (κ3) is 2.58. The molecule has 104 valence electrons. The van der Waals surface area contributed by atoms with Crippen LogP contribution in [-0.4, -0.2) is 44.2 Å². The van der Waals surface area contributed by atoms with Gasteiger partial charge < -0.3 is 16.0 Å². The third-order valence-electron chi connectivity index (χ3n) is 3.12. The van der Waals surface area contributed by atoms with Gasteiger partial charge in [0.2, 0.25) is 11.8 Å². The Morgan fingerprint density at radius 2 is 2.00 bits per heavy atom.